The van der Waals surface area contributed by atoms with E-state index in [1.807, 2.05) is 4.90 Å². The smallest absolute Gasteiger partial charge is 0.227 e. The van der Waals surface area contributed by atoms with Crippen LogP contribution in [0, 0.1) is 11.8 Å². The first-order chi connectivity index (χ1) is 13.1. The molecule has 2 aliphatic rings. The largest absolute Gasteiger partial charge is 0.497 e. The van der Waals surface area contributed by atoms with Crippen LogP contribution in [0.15, 0.2) is 18.2 Å². The zero-order chi connectivity index (χ0) is 19.2. The molecule has 0 spiro atoms. The zero-order valence-electron chi connectivity index (χ0n) is 16.3. The number of anilines is 1. The molecule has 2 amide bonds. The first-order valence-electron chi connectivity index (χ1n) is 9.94. The first kappa shape index (κ1) is 19.5. The van der Waals surface area contributed by atoms with Crippen molar-refractivity contribution in [2.45, 2.75) is 44.9 Å². The zero-order valence-corrected chi connectivity index (χ0v) is 16.3. The Labute approximate surface area is 161 Å². The molecule has 6 nitrogen and oxygen atoms in total. The van der Waals surface area contributed by atoms with E-state index in [9.17, 15) is 9.59 Å². The Kier molecular flexibility index (Phi) is 6.58. The van der Waals surface area contributed by atoms with Gasteiger partial charge in [0, 0.05) is 31.0 Å². The average molecular weight is 374 g/mol. The number of ether oxygens (including phenoxy) is 2. The van der Waals surface area contributed by atoms with Gasteiger partial charge < -0.3 is 19.7 Å². The predicted molar refractivity (Wildman–Crippen MR) is 104 cm³/mol. The van der Waals surface area contributed by atoms with E-state index in [0.717, 1.165) is 25.7 Å². The molecule has 148 valence electrons. The molecule has 2 fully saturated rings. The maximum atomic E-state index is 12.7. The molecule has 1 aromatic carbocycles. The van der Waals surface area contributed by atoms with E-state index in [2.05, 4.69) is 5.32 Å². The van der Waals surface area contributed by atoms with E-state index < -0.39 is 0 Å². The molecule has 0 atom stereocenters. The number of methoxy groups -OCH3 is 2. The minimum absolute atomic E-state index is 0.0219. The molecule has 0 unspecified atom stereocenters. The van der Waals surface area contributed by atoms with Gasteiger partial charge in [-0.15, -0.1) is 0 Å². The fourth-order valence-corrected chi connectivity index (χ4v) is 4.12. The van der Waals surface area contributed by atoms with Crippen LogP contribution in [0.1, 0.15) is 44.9 Å². The van der Waals surface area contributed by atoms with E-state index in [4.69, 9.17) is 9.47 Å². The number of hydrogen-bond acceptors (Lipinski definition) is 4. The summed E-state index contributed by atoms with van der Waals surface area (Å²) in [7, 11) is 3.17. The molecular formula is C21H30N2O4. The fraction of sp³-hybridized carbons (Fsp3) is 0.619. The molecule has 1 saturated carbocycles. The Morgan fingerprint density at radius 3 is 2.30 bits per heavy atom. The molecular weight excluding hydrogens is 344 g/mol. The monoisotopic (exact) mass is 374 g/mol. The number of hydrogen-bond donors (Lipinski definition) is 1. The molecule has 1 aliphatic heterocycles. The van der Waals surface area contributed by atoms with Gasteiger partial charge in [0.25, 0.3) is 0 Å². The highest BCUT2D eigenvalue weighted by molar-refractivity contribution is 5.94. The molecule has 0 bridgehead atoms. The molecule has 1 heterocycles. The molecule has 0 aromatic heterocycles. The second kappa shape index (κ2) is 9.11. The lowest BCUT2D eigenvalue weighted by atomic mass is 9.87. The standard InChI is InChI=1S/C21H30N2O4/c1-26-17-8-9-19(27-2)18(14-17)22-20(24)15-10-12-23(13-11-15)21(25)16-6-4-3-5-7-16/h8-9,14-16H,3-7,10-13H2,1-2H3,(H,22,24). The Morgan fingerprint density at radius 1 is 0.963 bits per heavy atom. The van der Waals surface area contributed by atoms with Crippen LogP contribution in [-0.4, -0.2) is 44.0 Å². The van der Waals surface area contributed by atoms with Gasteiger partial charge in [-0.05, 0) is 37.8 Å². The Bertz CT molecular complexity index is 662. The highest BCUT2D eigenvalue weighted by Gasteiger charge is 2.31. The lowest BCUT2D eigenvalue weighted by Crippen LogP contribution is -2.44. The third-order valence-corrected chi connectivity index (χ3v) is 5.80. The maximum Gasteiger partial charge on any atom is 0.227 e. The van der Waals surface area contributed by atoms with Crippen molar-refractivity contribution in [2.24, 2.45) is 11.8 Å². The van der Waals surface area contributed by atoms with Gasteiger partial charge in [-0.2, -0.15) is 0 Å². The van der Waals surface area contributed by atoms with Gasteiger partial charge in [-0.3, -0.25) is 9.59 Å². The number of nitrogens with one attached hydrogen (secondary N) is 1. The quantitative estimate of drug-likeness (QED) is 0.857. The van der Waals surface area contributed by atoms with E-state index >= 15 is 0 Å². The summed E-state index contributed by atoms with van der Waals surface area (Å²) in [5, 5.41) is 2.97. The van der Waals surface area contributed by atoms with Crippen LogP contribution in [0.5, 0.6) is 11.5 Å². The molecule has 1 aromatic rings. The maximum absolute atomic E-state index is 12.7. The third kappa shape index (κ3) is 4.73. The Balaban J connectivity index is 1.55. The summed E-state index contributed by atoms with van der Waals surface area (Å²) in [6.45, 7) is 1.34. The number of likely N-dealkylation sites (tertiary alicyclic amines) is 1. The van der Waals surface area contributed by atoms with Crippen LogP contribution in [0.4, 0.5) is 5.69 Å². The molecule has 0 radical (unpaired) electrons. The number of carbonyl (C=O) groups is 2. The summed E-state index contributed by atoms with van der Waals surface area (Å²) in [4.78, 5) is 27.3. The van der Waals surface area contributed by atoms with Crippen molar-refractivity contribution in [2.75, 3.05) is 32.6 Å². The van der Waals surface area contributed by atoms with Gasteiger partial charge in [-0.25, -0.2) is 0 Å². The van der Waals surface area contributed by atoms with Crippen LogP contribution < -0.4 is 14.8 Å². The van der Waals surface area contributed by atoms with Crippen molar-refractivity contribution in [3.8, 4) is 11.5 Å². The number of piperidine rings is 1. The van der Waals surface area contributed by atoms with E-state index in [-0.39, 0.29) is 17.7 Å². The summed E-state index contributed by atoms with van der Waals surface area (Å²) in [5.41, 5.74) is 0.613. The van der Waals surface area contributed by atoms with Gasteiger partial charge in [0.1, 0.15) is 11.5 Å². The minimum Gasteiger partial charge on any atom is -0.497 e. The summed E-state index contributed by atoms with van der Waals surface area (Å²) in [6.07, 6.45) is 7.03. The van der Waals surface area contributed by atoms with Gasteiger partial charge in [0.2, 0.25) is 11.8 Å². The van der Waals surface area contributed by atoms with Crippen molar-refractivity contribution < 1.29 is 19.1 Å². The minimum atomic E-state index is -0.0867. The van der Waals surface area contributed by atoms with Crippen LogP contribution >= 0.6 is 0 Å². The van der Waals surface area contributed by atoms with Crippen molar-refractivity contribution in [3.63, 3.8) is 0 Å². The third-order valence-electron chi connectivity index (χ3n) is 5.80. The van der Waals surface area contributed by atoms with Crippen LogP contribution in [0.25, 0.3) is 0 Å². The van der Waals surface area contributed by atoms with Crippen LogP contribution in [0.2, 0.25) is 0 Å². The van der Waals surface area contributed by atoms with Gasteiger partial charge in [0.15, 0.2) is 0 Å². The van der Waals surface area contributed by atoms with Crippen LogP contribution in [0.3, 0.4) is 0 Å². The predicted octanol–water partition coefficient (Wildman–Crippen LogP) is 3.46. The van der Waals surface area contributed by atoms with Gasteiger partial charge in [0.05, 0.1) is 19.9 Å². The SMILES string of the molecule is COc1ccc(OC)c(NC(=O)C2CCN(C(=O)C3CCCCC3)CC2)c1. The normalized spacial score (nSPS) is 18.8. The number of nitrogens with zero attached hydrogens (tertiary/aromatic N) is 1. The van der Waals surface area contributed by atoms with Gasteiger partial charge >= 0.3 is 0 Å². The molecule has 3 rings (SSSR count). The van der Waals surface area contributed by atoms with Crippen molar-refractivity contribution in [1.29, 1.82) is 0 Å². The molecule has 27 heavy (non-hydrogen) atoms. The number of amides is 2. The lowest BCUT2D eigenvalue weighted by Gasteiger charge is -2.34. The first-order valence-corrected chi connectivity index (χ1v) is 9.94. The second-order valence-corrected chi connectivity index (χ2v) is 7.49. The number of carbonyl (C=O) groups excluding carboxylic acids is 2. The number of benzene rings is 1. The summed E-state index contributed by atoms with van der Waals surface area (Å²) >= 11 is 0. The molecule has 1 N–H and O–H groups in total. The Morgan fingerprint density at radius 2 is 1.67 bits per heavy atom. The summed E-state index contributed by atoms with van der Waals surface area (Å²) < 4.78 is 10.6. The second-order valence-electron chi connectivity index (χ2n) is 7.49. The van der Waals surface area contributed by atoms with Crippen molar-refractivity contribution in [1.82, 2.24) is 4.90 Å². The van der Waals surface area contributed by atoms with E-state index in [0.29, 0.717) is 49.0 Å². The average Bonchev–Trinajstić information content (AvgIpc) is 2.73. The topological polar surface area (TPSA) is 67.9 Å². The van der Waals surface area contributed by atoms with E-state index in [1.165, 1.54) is 6.42 Å². The Hall–Kier alpha value is -2.24. The molecule has 1 saturated heterocycles. The lowest BCUT2D eigenvalue weighted by molar-refractivity contribution is -0.139. The summed E-state index contributed by atoms with van der Waals surface area (Å²) in [6, 6.07) is 5.34. The molecule has 6 heteroatoms. The van der Waals surface area contributed by atoms with Crippen molar-refractivity contribution in [3.05, 3.63) is 18.2 Å². The van der Waals surface area contributed by atoms with Crippen LogP contribution in [-0.2, 0) is 9.59 Å². The molecule has 1 aliphatic carbocycles. The fourth-order valence-electron chi connectivity index (χ4n) is 4.12. The number of rotatable bonds is 5. The van der Waals surface area contributed by atoms with Crippen molar-refractivity contribution >= 4 is 17.5 Å². The highest BCUT2D eigenvalue weighted by Crippen LogP contribution is 2.31. The van der Waals surface area contributed by atoms with E-state index in [1.54, 1.807) is 32.4 Å². The summed E-state index contributed by atoms with van der Waals surface area (Å²) in [5.74, 6) is 1.66. The van der Waals surface area contributed by atoms with Gasteiger partial charge in [-0.1, -0.05) is 19.3 Å². The highest BCUT2D eigenvalue weighted by atomic mass is 16.5.